The van der Waals surface area contributed by atoms with E-state index in [1.54, 1.807) is 36.5 Å². The van der Waals surface area contributed by atoms with Crippen molar-refractivity contribution in [3.05, 3.63) is 36.5 Å². The average molecular weight is 289 g/mol. The number of hydrogen-bond acceptors (Lipinski definition) is 4. The number of fused-ring (bicyclic) bond motifs is 1. The summed E-state index contributed by atoms with van der Waals surface area (Å²) < 4.78 is 27.5. The number of sulfonamides is 1. The molecule has 1 aromatic carbocycles. The molecule has 104 valence electrons. The molecule has 5 nitrogen and oxygen atoms in total. The molecule has 0 aliphatic rings. The Hall–Kier alpha value is -1.97. The summed E-state index contributed by atoms with van der Waals surface area (Å²) in [5, 5.41) is 9.29. The molecule has 1 aromatic heterocycles. The number of pyridine rings is 1. The summed E-state index contributed by atoms with van der Waals surface area (Å²) in [7, 11) is -3.66. The summed E-state index contributed by atoms with van der Waals surface area (Å²) in [6, 6.07) is 10.0. The summed E-state index contributed by atoms with van der Waals surface area (Å²) in [4.78, 5) is 4.34. The van der Waals surface area contributed by atoms with Crippen LogP contribution in [0.15, 0.2) is 41.4 Å². The highest BCUT2D eigenvalue weighted by Gasteiger charge is 2.21. The highest BCUT2D eigenvalue weighted by atomic mass is 32.2. The molecule has 20 heavy (non-hydrogen) atoms. The largest absolute Gasteiger partial charge is 0.256 e. The SMILES string of the molecule is CCC(CC#N)NS(=O)(=O)c1cccc2ncccc12. The first-order valence-corrected chi connectivity index (χ1v) is 7.80. The molecule has 1 N–H and O–H groups in total. The third-order valence-corrected chi connectivity index (χ3v) is 4.63. The Morgan fingerprint density at radius 2 is 2.15 bits per heavy atom. The van der Waals surface area contributed by atoms with E-state index in [0.717, 1.165) is 0 Å². The number of nitriles is 1. The Morgan fingerprint density at radius 3 is 2.85 bits per heavy atom. The molecule has 1 unspecified atom stereocenters. The van der Waals surface area contributed by atoms with E-state index in [4.69, 9.17) is 5.26 Å². The van der Waals surface area contributed by atoms with Gasteiger partial charge in [0, 0.05) is 17.6 Å². The van der Waals surface area contributed by atoms with E-state index in [9.17, 15) is 8.42 Å². The summed E-state index contributed by atoms with van der Waals surface area (Å²) >= 11 is 0. The van der Waals surface area contributed by atoms with Gasteiger partial charge in [-0.1, -0.05) is 13.0 Å². The zero-order valence-electron chi connectivity index (χ0n) is 11.1. The van der Waals surface area contributed by atoms with Crippen molar-refractivity contribution in [2.75, 3.05) is 0 Å². The lowest BCUT2D eigenvalue weighted by Crippen LogP contribution is -2.34. The van der Waals surface area contributed by atoms with Gasteiger partial charge in [0.25, 0.3) is 0 Å². The molecule has 0 amide bonds. The molecule has 2 aromatic rings. The molecule has 2 rings (SSSR count). The molecule has 0 fully saturated rings. The maximum Gasteiger partial charge on any atom is 0.241 e. The van der Waals surface area contributed by atoms with Crippen molar-refractivity contribution in [2.45, 2.75) is 30.7 Å². The lowest BCUT2D eigenvalue weighted by atomic mass is 10.2. The van der Waals surface area contributed by atoms with Gasteiger partial charge in [0.1, 0.15) is 0 Å². The van der Waals surface area contributed by atoms with Crippen molar-refractivity contribution < 1.29 is 8.42 Å². The van der Waals surface area contributed by atoms with Crippen LogP contribution in [-0.4, -0.2) is 19.4 Å². The van der Waals surface area contributed by atoms with Gasteiger partial charge in [-0.2, -0.15) is 5.26 Å². The molecule has 0 saturated carbocycles. The van der Waals surface area contributed by atoms with Crippen LogP contribution in [0.5, 0.6) is 0 Å². The number of nitrogens with one attached hydrogen (secondary N) is 1. The number of aromatic nitrogens is 1. The molecular formula is C14H15N3O2S. The van der Waals surface area contributed by atoms with Gasteiger partial charge in [-0.15, -0.1) is 0 Å². The van der Waals surface area contributed by atoms with Crippen LogP contribution in [0.1, 0.15) is 19.8 Å². The van der Waals surface area contributed by atoms with Gasteiger partial charge in [-0.25, -0.2) is 13.1 Å². The van der Waals surface area contributed by atoms with Crippen molar-refractivity contribution in [1.82, 2.24) is 9.71 Å². The fraction of sp³-hybridized carbons (Fsp3) is 0.286. The number of hydrogen-bond donors (Lipinski definition) is 1. The van der Waals surface area contributed by atoms with E-state index in [-0.39, 0.29) is 17.4 Å². The summed E-state index contributed by atoms with van der Waals surface area (Å²) in [6.07, 6.45) is 2.34. The van der Waals surface area contributed by atoms with Crippen LogP contribution in [0.4, 0.5) is 0 Å². The first kappa shape index (κ1) is 14.4. The van der Waals surface area contributed by atoms with Gasteiger partial charge in [0.2, 0.25) is 10.0 Å². The van der Waals surface area contributed by atoms with Crippen molar-refractivity contribution in [3.8, 4) is 6.07 Å². The van der Waals surface area contributed by atoms with Crippen molar-refractivity contribution in [2.24, 2.45) is 0 Å². The highest BCUT2D eigenvalue weighted by Crippen LogP contribution is 2.21. The van der Waals surface area contributed by atoms with Crippen LogP contribution in [0.25, 0.3) is 10.9 Å². The van der Waals surface area contributed by atoms with Gasteiger partial charge in [-0.05, 0) is 30.7 Å². The van der Waals surface area contributed by atoms with Gasteiger partial charge < -0.3 is 0 Å². The Bertz CT molecular complexity index is 745. The number of nitrogens with zero attached hydrogens (tertiary/aromatic N) is 2. The van der Waals surface area contributed by atoms with Gasteiger partial charge in [0.05, 0.1) is 22.9 Å². The quantitative estimate of drug-likeness (QED) is 0.914. The van der Waals surface area contributed by atoms with Crippen LogP contribution in [-0.2, 0) is 10.0 Å². The van der Waals surface area contributed by atoms with E-state index < -0.39 is 10.0 Å². The summed E-state index contributed by atoms with van der Waals surface area (Å²) in [6.45, 7) is 1.84. The Labute approximate surface area is 118 Å². The van der Waals surface area contributed by atoms with Crippen LogP contribution < -0.4 is 4.72 Å². The third kappa shape index (κ3) is 2.95. The second-order valence-electron chi connectivity index (χ2n) is 4.41. The molecule has 0 aliphatic heterocycles. The molecule has 6 heteroatoms. The van der Waals surface area contributed by atoms with Gasteiger partial charge in [-0.3, -0.25) is 4.98 Å². The molecule has 0 aliphatic carbocycles. The van der Waals surface area contributed by atoms with Crippen LogP contribution in [0.2, 0.25) is 0 Å². The molecule has 0 radical (unpaired) electrons. The Morgan fingerprint density at radius 1 is 1.35 bits per heavy atom. The first-order chi connectivity index (χ1) is 9.58. The predicted molar refractivity (Wildman–Crippen MR) is 76.4 cm³/mol. The van der Waals surface area contributed by atoms with Gasteiger partial charge >= 0.3 is 0 Å². The monoisotopic (exact) mass is 289 g/mol. The normalized spacial score (nSPS) is 13.0. The topological polar surface area (TPSA) is 82.9 Å². The summed E-state index contributed by atoms with van der Waals surface area (Å²) in [5.41, 5.74) is 0.628. The van der Waals surface area contributed by atoms with E-state index >= 15 is 0 Å². The average Bonchev–Trinajstić information content (AvgIpc) is 2.46. The van der Waals surface area contributed by atoms with Crippen LogP contribution >= 0.6 is 0 Å². The number of rotatable bonds is 5. The van der Waals surface area contributed by atoms with Crippen LogP contribution in [0, 0.1) is 11.3 Å². The smallest absolute Gasteiger partial charge is 0.241 e. The van der Waals surface area contributed by atoms with Gasteiger partial charge in [0.15, 0.2) is 0 Å². The third-order valence-electron chi connectivity index (χ3n) is 3.05. The van der Waals surface area contributed by atoms with E-state index in [2.05, 4.69) is 9.71 Å². The molecular weight excluding hydrogens is 274 g/mol. The lowest BCUT2D eigenvalue weighted by molar-refractivity contribution is 0.544. The minimum Gasteiger partial charge on any atom is -0.256 e. The van der Waals surface area contributed by atoms with E-state index in [1.807, 2.05) is 13.0 Å². The zero-order valence-corrected chi connectivity index (χ0v) is 11.9. The number of benzene rings is 1. The van der Waals surface area contributed by atoms with E-state index in [1.165, 1.54) is 0 Å². The zero-order chi connectivity index (χ0) is 14.6. The Balaban J connectivity index is 2.45. The second kappa shape index (κ2) is 5.99. The van der Waals surface area contributed by atoms with Crippen molar-refractivity contribution >= 4 is 20.9 Å². The summed E-state index contributed by atoms with van der Waals surface area (Å²) in [5.74, 6) is 0. The molecule has 1 heterocycles. The first-order valence-electron chi connectivity index (χ1n) is 6.31. The molecule has 0 bridgehead atoms. The molecule has 0 spiro atoms. The lowest BCUT2D eigenvalue weighted by Gasteiger charge is -2.15. The standard InChI is InChI=1S/C14H15N3O2S/c1-2-11(8-9-15)17-20(18,19)14-7-3-6-13-12(14)5-4-10-16-13/h3-7,10-11,17H,2,8H2,1H3. The Kier molecular flexibility index (Phi) is 4.32. The fourth-order valence-electron chi connectivity index (χ4n) is 1.97. The fourth-order valence-corrected chi connectivity index (χ4v) is 3.51. The predicted octanol–water partition coefficient (Wildman–Crippen LogP) is 2.21. The minimum atomic E-state index is -3.66. The maximum atomic E-state index is 12.4. The minimum absolute atomic E-state index is 0.152. The maximum absolute atomic E-state index is 12.4. The van der Waals surface area contributed by atoms with Crippen molar-refractivity contribution in [3.63, 3.8) is 0 Å². The van der Waals surface area contributed by atoms with E-state index in [0.29, 0.717) is 17.3 Å². The molecule has 1 atom stereocenters. The highest BCUT2D eigenvalue weighted by molar-refractivity contribution is 7.89. The van der Waals surface area contributed by atoms with Crippen LogP contribution in [0.3, 0.4) is 0 Å². The second-order valence-corrected chi connectivity index (χ2v) is 6.10. The molecule has 0 saturated heterocycles. The van der Waals surface area contributed by atoms with Crippen molar-refractivity contribution in [1.29, 1.82) is 5.26 Å².